The number of hydrogen-bond acceptors (Lipinski definition) is 2. The maximum Gasteiger partial charge on any atom is 0.189 e. The van der Waals surface area contributed by atoms with Gasteiger partial charge in [-0.1, -0.05) is 64.7 Å². The van der Waals surface area contributed by atoms with Crippen molar-refractivity contribution in [1.82, 2.24) is 0 Å². The molecule has 0 radical (unpaired) electrons. The van der Waals surface area contributed by atoms with E-state index >= 15 is 0 Å². The van der Waals surface area contributed by atoms with E-state index in [9.17, 15) is 0 Å². The van der Waals surface area contributed by atoms with E-state index in [4.69, 9.17) is 9.47 Å². The fourth-order valence-corrected chi connectivity index (χ4v) is 3.05. The minimum Gasteiger partial charge on any atom is -0.469 e. The van der Waals surface area contributed by atoms with Crippen molar-refractivity contribution in [2.45, 2.75) is 83.7 Å². The molecule has 1 atom stereocenters. The van der Waals surface area contributed by atoms with Gasteiger partial charge in [0.15, 0.2) is 6.79 Å². The van der Waals surface area contributed by atoms with Crippen LogP contribution in [0.5, 0.6) is 0 Å². The van der Waals surface area contributed by atoms with Crippen molar-refractivity contribution in [3.63, 3.8) is 0 Å². The fourth-order valence-electron chi connectivity index (χ4n) is 3.05. The first-order chi connectivity index (χ1) is 10.9. The minimum atomic E-state index is -0.198. The zero-order valence-corrected chi connectivity index (χ0v) is 16.3. The zero-order valence-electron chi connectivity index (χ0n) is 16.3. The van der Waals surface area contributed by atoms with Crippen LogP contribution in [0.4, 0.5) is 0 Å². The van der Waals surface area contributed by atoms with Crippen LogP contribution in [0.15, 0.2) is 11.8 Å². The van der Waals surface area contributed by atoms with Gasteiger partial charge in [0, 0.05) is 6.08 Å². The molecule has 0 spiro atoms. The molecule has 3 nitrogen and oxygen atoms in total. The average molecular weight is 327 g/mol. The molecule has 136 valence electrons. The molecule has 0 aromatic carbocycles. The summed E-state index contributed by atoms with van der Waals surface area (Å²) in [5.74, 6) is 1.05. The standard InChI is InChI=1S/C20H40NO2/c1-6-7-8-9-10-11-12-13-14-16-20(2)19(22-18-23-20)15-17-21(3,4)5/h15H,6-14,16-18H2,1-5H3/q+1/b19-15-/t20-/m0/s1. The molecule has 0 aliphatic carbocycles. The van der Waals surface area contributed by atoms with Crippen LogP contribution >= 0.6 is 0 Å². The lowest BCUT2D eigenvalue weighted by Gasteiger charge is -2.25. The van der Waals surface area contributed by atoms with E-state index in [2.05, 4.69) is 41.1 Å². The normalized spacial score (nSPS) is 23.4. The maximum atomic E-state index is 5.89. The monoisotopic (exact) mass is 326 g/mol. The third kappa shape index (κ3) is 8.76. The number of ether oxygens (including phenoxy) is 2. The molecule has 1 saturated heterocycles. The molecule has 0 unspecified atom stereocenters. The SMILES string of the molecule is CCCCCCCCCCC[C@]1(C)OCO/C1=C\C[N+](C)(C)C. The van der Waals surface area contributed by atoms with Crippen molar-refractivity contribution in [2.75, 3.05) is 34.5 Å². The number of unbranched alkanes of at least 4 members (excludes halogenated alkanes) is 8. The molecule has 0 amide bonds. The molecule has 0 N–H and O–H groups in total. The van der Waals surface area contributed by atoms with Crippen molar-refractivity contribution in [3.8, 4) is 0 Å². The van der Waals surface area contributed by atoms with E-state index in [1.165, 1.54) is 57.8 Å². The van der Waals surface area contributed by atoms with Gasteiger partial charge in [0.1, 0.15) is 17.9 Å². The molecule has 1 aliphatic heterocycles. The summed E-state index contributed by atoms with van der Waals surface area (Å²) in [4.78, 5) is 0. The van der Waals surface area contributed by atoms with Crippen LogP contribution in [-0.4, -0.2) is 44.6 Å². The Morgan fingerprint density at radius 3 is 2.09 bits per heavy atom. The molecule has 3 heteroatoms. The lowest BCUT2D eigenvalue weighted by molar-refractivity contribution is -0.864. The highest BCUT2D eigenvalue weighted by molar-refractivity contribution is 5.11. The minimum absolute atomic E-state index is 0.198. The summed E-state index contributed by atoms with van der Waals surface area (Å²) in [5, 5.41) is 0. The lowest BCUT2D eigenvalue weighted by Crippen LogP contribution is -2.35. The first-order valence-corrected chi connectivity index (χ1v) is 9.65. The molecule has 23 heavy (non-hydrogen) atoms. The van der Waals surface area contributed by atoms with Crippen LogP contribution in [0.1, 0.15) is 78.1 Å². The molecule has 1 fully saturated rings. The highest BCUT2D eigenvalue weighted by atomic mass is 16.7. The third-order valence-electron chi connectivity index (χ3n) is 4.69. The van der Waals surface area contributed by atoms with E-state index in [1.54, 1.807) is 0 Å². The van der Waals surface area contributed by atoms with Crippen molar-refractivity contribution in [2.24, 2.45) is 0 Å². The second-order valence-electron chi connectivity index (χ2n) is 8.26. The molecule has 1 rings (SSSR count). The smallest absolute Gasteiger partial charge is 0.189 e. The van der Waals surface area contributed by atoms with Gasteiger partial charge in [-0.05, 0) is 13.3 Å². The molecule has 0 saturated carbocycles. The summed E-state index contributed by atoms with van der Waals surface area (Å²) >= 11 is 0. The van der Waals surface area contributed by atoms with Gasteiger partial charge in [-0.15, -0.1) is 0 Å². The molecule has 0 aromatic heterocycles. The summed E-state index contributed by atoms with van der Waals surface area (Å²) in [5.41, 5.74) is -0.198. The Kier molecular flexibility index (Phi) is 9.23. The van der Waals surface area contributed by atoms with Crippen LogP contribution in [-0.2, 0) is 9.47 Å². The number of likely N-dealkylation sites (N-methyl/N-ethyl adjacent to an activating group) is 1. The van der Waals surface area contributed by atoms with Crippen LogP contribution in [0, 0.1) is 0 Å². The molecule has 1 heterocycles. The van der Waals surface area contributed by atoms with E-state index in [-0.39, 0.29) is 5.60 Å². The van der Waals surface area contributed by atoms with Crippen molar-refractivity contribution in [1.29, 1.82) is 0 Å². The van der Waals surface area contributed by atoms with Crippen LogP contribution in [0.25, 0.3) is 0 Å². The van der Waals surface area contributed by atoms with Crippen LogP contribution in [0.2, 0.25) is 0 Å². The number of hydrogen-bond donors (Lipinski definition) is 0. The van der Waals surface area contributed by atoms with Gasteiger partial charge >= 0.3 is 0 Å². The topological polar surface area (TPSA) is 18.5 Å². The van der Waals surface area contributed by atoms with Crippen LogP contribution in [0.3, 0.4) is 0 Å². The Morgan fingerprint density at radius 2 is 1.52 bits per heavy atom. The second kappa shape index (κ2) is 10.4. The second-order valence-corrected chi connectivity index (χ2v) is 8.26. The Balaban J connectivity index is 2.19. The Bertz CT molecular complexity index is 346. The van der Waals surface area contributed by atoms with Crippen molar-refractivity contribution < 1.29 is 14.0 Å². The summed E-state index contributed by atoms with van der Waals surface area (Å²) in [7, 11) is 6.60. The molecule has 1 aliphatic rings. The predicted octanol–water partition coefficient (Wildman–Crippen LogP) is 5.26. The Morgan fingerprint density at radius 1 is 0.957 bits per heavy atom. The molecule has 0 aromatic rings. The average Bonchev–Trinajstić information content (AvgIpc) is 2.84. The molecule has 0 bridgehead atoms. The van der Waals surface area contributed by atoms with Gasteiger partial charge in [-0.25, -0.2) is 0 Å². The molecular weight excluding hydrogens is 286 g/mol. The maximum absolute atomic E-state index is 5.89. The van der Waals surface area contributed by atoms with E-state index in [1.807, 2.05) is 0 Å². The van der Waals surface area contributed by atoms with Gasteiger partial charge in [0.05, 0.1) is 21.1 Å². The zero-order chi connectivity index (χ0) is 17.2. The first-order valence-electron chi connectivity index (χ1n) is 9.65. The lowest BCUT2D eigenvalue weighted by atomic mass is 9.95. The highest BCUT2D eigenvalue weighted by Gasteiger charge is 2.36. The first kappa shape index (κ1) is 20.5. The number of quaternary nitrogens is 1. The van der Waals surface area contributed by atoms with E-state index in [0.29, 0.717) is 6.79 Å². The van der Waals surface area contributed by atoms with Crippen molar-refractivity contribution in [3.05, 3.63) is 11.8 Å². The van der Waals surface area contributed by atoms with Crippen molar-refractivity contribution >= 4 is 0 Å². The summed E-state index contributed by atoms with van der Waals surface area (Å²) < 4.78 is 12.5. The quantitative estimate of drug-likeness (QED) is 0.360. The van der Waals surface area contributed by atoms with Crippen LogP contribution < -0.4 is 0 Å². The summed E-state index contributed by atoms with van der Waals surface area (Å²) in [6.45, 7) is 5.85. The van der Waals surface area contributed by atoms with E-state index < -0.39 is 0 Å². The van der Waals surface area contributed by atoms with Gasteiger partial charge < -0.3 is 14.0 Å². The summed E-state index contributed by atoms with van der Waals surface area (Å²) in [6, 6.07) is 0. The summed E-state index contributed by atoms with van der Waals surface area (Å²) in [6.07, 6.45) is 15.6. The van der Waals surface area contributed by atoms with Gasteiger partial charge in [-0.2, -0.15) is 0 Å². The Hall–Kier alpha value is -0.540. The van der Waals surface area contributed by atoms with Gasteiger partial charge in [0.2, 0.25) is 0 Å². The van der Waals surface area contributed by atoms with E-state index in [0.717, 1.165) is 23.2 Å². The highest BCUT2D eigenvalue weighted by Crippen LogP contribution is 2.34. The largest absolute Gasteiger partial charge is 0.469 e. The Labute approximate surface area is 144 Å². The predicted molar refractivity (Wildman–Crippen MR) is 98.3 cm³/mol. The molecular formula is C20H40NO2+. The van der Waals surface area contributed by atoms with Gasteiger partial charge in [0.25, 0.3) is 0 Å². The number of rotatable bonds is 12. The fraction of sp³-hybridized carbons (Fsp3) is 0.900. The number of nitrogens with zero attached hydrogens (tertiary/aromatic N) is 1. The third-order valence-corrected chi connectivity index (χ3v) is 4.69. The van der Waals surface area contributed by atoms with Gasteiger partial charge in [-0.3, -0.25) is 0 Å².